The van der Waals surface area contributed by atoms with Crippen molar-refractivity contribution < 1.29 is 4.74 Å². The van der Waals surface area contributed by atoms with E-state index < -0.39 is 5.41 Å². The largest absolute Gasteiger partial charge is 0.457 e. The van der Waals surface area contributed by atoms with Gasteiger partial charge < -0.3 is 14.5 Å². The Morgan fingerprint density at radius 1 is 0.321 bits per heavy atom. The second-order valence-corrected chi connectivity index (χ2v) is 14.5. The summed E-state index contributed by atoms with van der Waals surface area (Å²) in [6.07, 6.45) is 0. The van der Waals surface area contributed by atoms with E-state index in [0.29, 0.717) is 0 Å². The van der Waals surface area contributed by atoms with Crippen LogP contribution in [0.4, 0.5) is 34.1 Å². The first-order valence-corrected chi connectivity index (χ1v) is 19.2. The Morgan fingerprint density at radius 3 is 1.46 bits per heavy atom. The van der Waals surface area contributed by atoms with Crippen LogP contribution in [0.5, 0.6) is 11.5 Å². The molecule has 0 N–H and O–H groups in total. The maximum Gasteiger partial charge on any atom is 0.132 e. The predicted molar refractivity (Wildman–Crippen MR) is 231 cm³/mol. The van der Waals surface area contributed by atoms with E-state index in [2.05, 4.69) is 228 Å². The Hall–Kier alpha value is -7.36. The van der Waals surface area contributed by atoms with Gasteiger partial charge in [-0.2, -0.15) is 0 Å². The molecule has 0 fully saturated rings. The highest BCUT2D eigenvalue weighted by Crippen LogP contribution is 2.65. The average molecular weight is 717 g/mol. The van der Waals surface area contributed by atoms with Gasteiger partial charge in [-0.25, -0.2) is 0 Å². The molecule has 264 valence electrons. The van der Waals surface area contributed by atoms with Gasteiger partial charge in [0.1, 0.15) is 11.5 Å². The molecular formula is C53H36N2O. The third-order valence-electron chi connectivity index (χ3n) is 11.4. The van der Waals surface area contributed by atoms with Crippen LogP contribution < -0.4 is 14.5 Å². The van der Waals surface area contributed by atoms with Gasteiger partial charge in [-0.3, -0.25) is 0 Å². The molecule has 56 heavy (non-hydrogen) atoms. The van der Waals surface area contributed by atoms with Crippen molar-refractivity contribution in [3.05, 3.63) is 241 Å². The Bertz CT molecular complexity index is 2810. The number of hydrogen-bond donors (Lipinski definition) is 0. The van der Waals surface area contributed by atoms with Crippen LogP contribution in [0.1, 0.15) is 22.3 Å². The summed E-state index contributed by atoms with van der Waals surface area (Å²) in [5.74, 6) is 1.75. The molecular weight excluding hydrogens is 681 g/mol. The maximum absolute atomic E-state index is 6.91. The SMILES string of the molecule is c1ccc(N(c2ccccc2)c2ccc3c(c2)C2(c4ccccc4Oc4cc5ccccc5cc42)c2cccc(N(c4ccccc4)c4ccccc4)c2-3)cc1. The topological polar surface area (TPSA) is 15.7 Å². The molecule has 9 aromatic rings. The maximum atomic E-state index is 6.91. The van der Waals surface area contributed by atoms with Gasteiger partial charge in [0.25, 0.3) is 0 Å². The normalized spacial score (nSPS) is 14.6. The molecule has 0 amide bonds. The molecule has 1 aliphatic carbocycles. The number of hydrogen-bond acceptors (Lipinski definition) is 3. The Morgan fingerprint density at radius 2 is 0.839 bits per heavy atom. The summed E-state index contributed by atoms with van der Waals surface area (Å²) in [4.78, 5) is 4.77. The van der Waals surface area contributed by atoms with Gasteiger partial charge in [0.2, 0.25) is 0 Å². The summed E-state index contributed by atoms with van der Waals surface area (Å²) >= 11 is 0. The first-order chi connectivity index (χ1) is 27.8. The molecule has 1 unspecified atom stereocenters. The summed E-state index contributed by atoms with van der Waals surface area (Å²) in [5, 5.41) is 2.33. The highest BCUT2D eigenvalue weighted by molar-refractivity contribution is 6.00. The molecule has 0 aromatic heterocycles. The van der Waals surface area contributed by atoms with Gasteiger partial charge in [-0.1, -0.05) is 133 Å². The van der Waals surface area contributed by atoms with Crippen LogP contribution >= 0.6 is 0 Å². The number of nitrogens with zero attached hydrogens (tertiary/aromatic N) is 2. The van der Waals surface area contributed by atoms with E-state index in [-0.39, 0.29) is 0 Å². The first-order valence-electron chi connectivity index (χ1n) is 19.2. The highest BCUT2D eigenvalue weighted by atomic mass is 16.5. The van der Waals surface area contributed by atoms with Gasteiger partial charge in [0.05, 0.1) is 11.1 Å². The van der Waals surface area contributed by atoms with Crippen LogP contribution in [0.3, 0.4) is 0 Å². The summed E-state index contributed by atoms with van der Waals surface area (Å²) < 4.78 is 6.91. The monoisotopic (exact) mass is 716 g/mol. The minimum Gasteiger partial charge on any atom is -0.457 e. The molecule has 11 rings (SSSR count). The lowest BCUT2D eigenvalue weighted by Gasteiger charge is -2.40. The van der Waals surface area contributed by atoms with E-state index in [1.807, 2.05) is 0 Å². The van der Waals surface area contributed by atoms with Gasteiger partial charge in [-0.05, 0) is 112 Å². The van der Waals surface area contributed by atoms with Crippen molar-refractivity contribution in [2.75, 3.05) is 9.80 Å². The molecule has 1 aliphatic heterocycles. The third kappa shape index (κ3) is 4.84. The number of ether oxygens (including phenoxy) is 1. The minimum absolute atomic E-state index is 0.691. The van der Waals surface area contributed by atoms with E-state index >= 15 is 0 Å². The predicted octanol–water partition coefficient (Wildman–Crippen LogP) is 14.2. The smallest absolute Gasteiger partial charge is 0.132 e. The van der Waals surface area contributed by atoms with Crippen LogP contribution in [0, 0.1) is 0 Å². The van der Waals surface area contributed by atoms with Crippen molar-refractivity contribution >= 4 is 44.9 Å². The van der Waals surface area contributed by atoms with Crippen molar-refractivity contribution in [3.8, 4) is 22.6 Å². The second-order valence-electron chi connectivity index (χ2n) is 14.5. The molecule has 0 saturated heterocycles. The Labute approximate surface area is 326 Å². The van der Waals surface area contributed by atoms with Gasteiger partial charge in [-0.15, -0.1) is 0 Å². The number of benzene rings is 9. The zero-order valence-electron chi connectivity index (χ0n) is 30.6. The summed E-state index contributed by atoms with van der Waals surface area (Å²) in [6, 6.07) is 78.6. The van der Waals surface area contributed by atoms with Crippen LogP contribution in [-0.4, -0.2) is 0 Å². The average Bonchev–Trinajstić information content (AvgIpc) is 3.55. The molecule has 1 atom stereocenters. The molecule has 9 aromatic carbocycles. The number of para-hydroxylation sites is 5. The molecule has 1 spiro atoms. The number of fused-ring (bicyclic) bond motifs is 10. The summed E-state index contributed by atoms with van der Waals surface area (Å²) in [7, 11) is 0. The Balaban J connectivity index is 1.27. The standard InChI is InChI=1S/C53H36N2O/c1-5-20-39(21-6-1)54(40-22-7-2-8-23-40)43-32-33-44-47(36-43)53(45-28-15-16-31-50(45)56-51-35-38-19-14-13-18-37(38)34-48(51)53)46-29-17-30-49(52(44)46)55(41-24-9-3-10-25-41)42-26-11-4-12-27-42/h1-36H. The van der Waals surface area contributed by atoms with Crippen LogP contribution in [0.2, 0.25) is 0 Å². The van der Waals surface area contributed by atoms with E-state index in [1.165, 1.54) is 27.6 Å². The van der Waals surface area contributed by atoms with Crippen LogP contribution in [0.15, 0.2) is 218 Å². The van der Waals surface area contributed by atoms with Gasteiger partial charge in [0, 0.05) is 45.1 Å². The van der Waals surface area contributed by atoms with Crippen molar-refractivity contribution in [1.82, 2.24) is 0 Å². The molecule has 2 aliphatic rings. The molecule has 0 saturated carbocycles. The van der Waals surface area contributed by atoms with Crippen molar-refractivity contribution in [1.29, 1.82) is 0 Å². The lowest BCUT2D eigenvalue weighted by Crippen LogP contribution is -2.32. The zero-order valence-corrected chi connectivity index (χ0v) is 30.6. The molecule has 0 bridgehead atoms. The summed E-state index contributed by atoms with van der Waals surface area (Å²) in [5.41, 5.74) is 13.1. The zero-order chi connectivity index (χ0) is 37.1. The number of anilines is 6. The van der Waals surface area contributed by atoms with E-state index in [4.69, 9.17) is 4.74 Å². The lowest BCUT2D eigenvalue weighted by molar-refractivity contribution is 0.437. The lowest BCUT2D eigenvalue weighted by atomic mass is 9.65. The Kier molecular flexibility index (Phi) is 7.39. The first kappa shape index (κ1) is 32.1. The van der Waals surface area contributed by atoms with Crippen molar-refractivity contribution in [2.24, 2.45) is 0 Å². The van der Waals surface area contributed by atoms with Crippen LogP contribution in [0.25, 0.3) is 21.9 Å². The van der Waals surface area contributed by atoms with Crippen LogP contribution in [-0.2, 0) is 5.41 Å². The van der Waals surface area contributed by atoms with Crippen molar-refractivity contribution in [2.45, 2.75) is 5.41 Å². The van der Waals surface area contributed by atoms with E-state index in [0.717, 1.165) is 62.1 Å². The summed E-state index contributed by atoms with van der Waals surface area (Å²) in [6.45, 7) is 0. The fourth-order valence-corrected chi connectivity index (χ4v) is 9.16. The minimum atomic E-state index is -0.691. The van der Waals surface area contributed by atoms with Gasteiger partial charge in [0.15, 0.2) is 0 Å². The fourth-order valence-electron chi connectivity index (χ4n) is 9.16. The van der Waals surface area contributed by atoms with Gasteiger partial charge >= 0.3 is 0 Å². The quantitative estimate of drug-likeness (QED) is 0.170. The number of rotatable bonds is 6. The molecule has 1 heterocycles. The third-order valence-corrected chi connectivity index (χ3v) is 11.4. The molecule has 3 heteroatoms. The molecule has 0 radical (unpaired) electrons. The van der Waals surface area contributed by atoms with E-state index in [9.17, 15) is 0 Å². The second kappa shape index (κ2) is 12.9. The van der Waals surface area contributed by atoms with Crippen molar-refractivity contribution in [3.63, 3.8) is 0 Å². The van der Waals surface area contributed by atoms with E-state index in [1.54, 1.807) is 0 Å². The highest BCUT2D eigenvalue weighted by Gasteiger charge is 2.52. The molecule has 3 nitrogen and oxygen atoms in total. The fraction of sp³-hybridized carbons (Fsp3) is 0.0189.